The van der Waals surface area contributed by atoms with Crippen molar-refractivity contribution in [3.8, 4) is 11.5 Å². The number of anilines is 1. The second-order valence-electron chi connectivity index (χ2n) is 5.41. The molecule has 0 aliphatic heterocycles. The summed E-state index contributed by atoms with van der Waals surface area (Å²) in [7, 11) is 4.58. The first-order valence-corrected chi connectivity index (χ1v) is 8.70. The van der Waals surface area contributed by atoms with Gasteiger partial charge >= 0.3 is 11.8 Å². The first-order valence-electron chi connectivity index (χ1n) is 7.88. The zero-order valence-corrected chi connectivity index (χ0v) is 15.9. The minimum absolute atomic E-state index is 0.203. The molecule has 1 aromatic heterocycles. The molecule has 8 heteroatoms. The molecular formula is C18H22N2O5S. The quantitative estimate of drug-likeness (QED) is 0.723. The standard InChI is InChI=1S/C18H22N2O5S/c1-11-5-8-16(26-11)15(25-4)10-19-17(21)18(22)20-12-6-7-13(23-2)14(9-12)24-3/h5-9,15H,10H2,1-4H3,(H,19,21)(H,20,22). The lowest BCUT2D eigenvalue weighted by Gasteiger charge is -2.15. The van der Waals surface area contributed by atoms with E-state index in [0.29, 0.717) is 17.2 Å². The number of nitrogens with one attached hydrogen (secondary N) is 2. The number of benzene rings is 1. The summed E-state index contributed by atoms with van der Waals surface area (Å²) in [5, 5.41) is 5.12. The highest BCUT2D eigenvalue weighted by atomic mass is 32.1. The van der Waals surface area contributed by atoms with Crippen LogP contribution in [0.25, 0.3) is 0 Å². The summed E-state index contributed by atoms with van der Waals surface area (Å²) in [6, 6.07) is 8.78. The monoisotopic (exact) mass is 378 g/mol. The van der Waals surface area contributed by atoms with E-state index < -0.39 is 11.8 Å². The summed E-state index contributed by atoms with van der Waals surface area (Å²) in [6.45, 7) is 2.20. The molecule has 26 heavy (non-hydrogen) atoms. The Morgan fingerprint density at radius 2 is 1.77 bits per heavy atom. The summed E-state index contributed by atoms with van der Waals surface area (Å²) < 4.78 is 15.7. The van der Waals surface area contributed by atoms with E-state index in [-0.39, 0.29) is 12.6 Å². The van der Waals surface area contributed by atoms with Gasteiger partial charge in [-0.2, -0.15) is 0 Å². The first kappa shape index (κ1) is 19.7. The molecule has 0 spiro atoms. The zero-order chi connectivity index (χ0) is 19.1. The SMILES string of the molecule is COc1ccc(NC(=O)C(=O)NCC(OC)c2ccc(C)s2)cc1OC. The van der Waals surface area contributed by atoms with Crippen LogP contribution < -0.4 is 20.1 Å². The van der Waals surface area contributed by atoms with Crippen LogP contribution in [0, 0.1) is 6.92 Å². The van der Waals surface area contributed by atoms with Crippen molar-refractivity contribution in [2.45, 2.75) is 13.0 Å². The second kappa shape index (κ2) is 9.21. The summed E-state index contributed by atoms with van der Waals surface area (Å²) in [5.41, 5.74) is 0.431. The molecule has 0 radical (unpaired) electrons. The van der Waals surface area contributed by atoms with Gasteiger partial charge < -0.3 is 24.8 Å². The van der Waals surface area contributed by atoms with Gasteiger partial charge in [0, 0.05) is 35.2 Å². The van der Waals surface area contributed by atoms with E-state index in [1.165, 1.54) is 14.2 Å². The van der Waals surface area contributed by atoms with Gasteiger partial charge in [0.15, 0.2) is 11.5 Å². The van der Waals surface area contributed by atoms with Gasteiger partial charge in [-0.05, 0) is 31.2 Å². The minimum atomic E-state index is -0.769. The number of carbonyl (C=O) groups is 2. The van der Waals surface area contributed by atoms with Gasteiger partial charge in [0.2, 0.25) is 0 Å². The lowest BCUT2D eigenvalue weighted by molar-refractivity contribution is -0.136. The van der Waals surface area contributed by atoms with Crippen molar-refractivity contribution in [3.05, 3.63) is 40.1 Å². The highest BCUT2D eigenvalue weighted by Gasteiger charge is 2.18. The van der Waals surface area contributed by atoms with Gasteiger partial charge in [0.1, 0.15) is 6.10 Å². The molecule has 1 aromatic carbocycles. The predicted octanol–water partition coefficient (Wildman–Crippen LogP) is 2.52. The molecule has 0 saturated heterocycles. The fourth-order valence-electron chi connectivity index (χ4n) is 2.29. The van der Waals surface area contributed by atoms with Crippen LogP contribution in [0.1, 0.15) is 15.9 Å². The number of methoxy groups -OCH3 is 3. The molecule has 1 heterocycles. The Kier molecular flexibility index (Phi) is 6.99. The van der Waals surface area contributed by atoms with Crippen LogP contribution in [0.15, 0.2) is 30.3 Å². The molecule has 7 nitrogen and oxygen atoms in total. The molecule has 2 N–H and O–H groups in total. The lowest BCUT2D eigenvalue weighted by atomic mass is 10.2. The van der Waals surface area contributed by atoms with Crippen molar-refractivity contribution in [1.29, 1.82) is 0 Å². The van der Waals surface area contributed by atoms with Crippen molar-refractivity contribution in [2.24, 2.45) is 0 Å². The molecule has 2 rings (SSSR count). The first-order chi connectivity index (χ1) is 12.5. The Hall–Kier alpha value is -2.58. The van der Waals surface area contributed by atoms with Gasteiger partial charge in [-0.15, -0.1) is 11.3 Å². The third-order valence-corrected chi connectivity index (χ3v) is 4.75. The molecule has 0 aliphatic carbocycles. The minimum Gasteiger partial charge on any atom is -0.493 e. The normalized spacial score (nSPS) is 11.5. The van der Waals surface area contributed by atoms with E-state index in [4.69, 9.17) is 14.2 Å². The Morgan fingerprint density at radius 1 is 1.04 bits per heavy atom. The summed E-state index contributed by atoms with van der Waals surface area (Å²) in [5.74, 6) is -0.521. The van der Waals surface area contributed by atoms with Crippen LogP contribution in [-0.2, 0) is 14.3 Å². The third-order valence-electron chi connectivity index (χ3n) is 3.66. The van der Waals surface area contributed by atoms with E-state index >= 15 is 0 Å². The zero-order valence-electron chi connectivity index (χ0n) is 15.1. The van der Waals surface area contributed by atoms with Crippen LogP contribution in [0.4, 0.5) is 5.69 Å². The highest BCUT2D eigenvalue weighted by Crippen LogP contribution is 2.29. The average molecular weight is 378 g/mol. The van der Waals surface area contributed by atoms with Crippen LogP contribution >= 0.6 is 11.3 Å². The summed E-state index contributed by atoms with van der Waals surface area (Å²) in [6.07, 6.45) is -0.300. The number of aryl methyl sites for hydroxylation is 1. The fourth-order valence-corrected chi connectivity index (χ4v) is 3.25. The van der Waals surface area contributed by atoms with E-state index in [1.54, 1.807) is 36.6 Å². The number of rotatable bonds is 7. The molecule has 0 fully saturated rings. The number of hydrogen-bond donors (Lipinski definition) is 2. The van der Waals surface area contributed by atoms with Crippen LogP contribution in [0.3, 0.4) is 0 Å². The maximum Gasteiger partial charge on any atom is 0.313 e. The Labute approximate surface area is 156 Å². The van der Waals surface area contributed by atoms with Crippen LogP contribution in [-0.4, -0.2) is 39.7 Å². The van der Waals surface area contributed by atoms with E-state index in [1.807, 2.05) is 19.1 Å². The molecule has 1 unspecified atom stereocenters. The van der Waals surface area contributed by atoms with Gasteiger partial charge in [0.05, 0.1) is 14.2 Å². The molecule has 0 saturated carbocycles. The number of ether oxygens (including phenoxy) is 3. The molecule has 0 bridgehead atoms. The van der Waals surface area contributed by atoms with E-state index in [0.717, 1.165) is 9.75 Å². The van der Waals surface area contributed by atoms with E-state index in [2.05, 4.69) is 10.6 Å². The van der Waals surface area contributed by atoms with Crippen molar-refractivity contribution in [1.82, 2.24) is 5.32 Å². The Morgan fingerprint density at radius 3 is 2.35 bits per heavy atom. The number of amides is 2. The lowest BCUT2D eigenvalue weighted by Crippen LogP contribution is -2.37. The van der Waals surface area contributed by atoms with Gasteiger partial charge in [-0.25, -0.2) is 0 Å². The van der Waals surface area contributed by atoms with Gasteiger partial charge in [0.25, 0.3) is 0 Å². The largest absolute Gasteiger partial charge is 0.493 e. The number of hydrogen-bond acceptors (Lipinski definition) is 6. The van der Waals surface area contributed by atoms with E-state index in [9.17, 15) is 9.59 Å². The molecular weight excluding hydrogens is 356 g/mol. The van der Waals surface area contributed by atoms with Crippen molar-refractivity contribution >= 4 is 28.8 Å². The fraction of sp³-hybridized carbons (Fsp3) is 0.333. The van der Waals surface area contributed by atoms with Gasteiger partial charge in [-0.1, -0.05) is 0 Å². The summed E-state index contributed by atoms with van der Waals surface area (Å²) in [4.78, 5) is 26.3. The van der Waals surface area contributed by atoms with Crippen molar-refractivity contribution in [3.63, 3.8) is 0 Å². The second-order valence-corrected chi connectivity index (χ2v) is 6.73. The molecule has 1 atom stereocenters. The number of thiophene rings is 1. The summed E-state index contributed by atoms with van der Waals surface area (Å²) >= 11 is 1.59. The maximum atomic E-state index is 12.1. The Balaban J connectivity index is 1.94. The van der Waals surface area contributed by atoms with Crippen LogP contribution in [0.5, 0.6) is 11.5 Å². The van der Waals surface area contributed by atoms with Crippen molar-refractivity contribution in [2.75, 3.05) is 33.2 Å². The van der Waals surface area contributed by atoms with Gasteiger partial charge in [-0.3, -0.25) is 9.59 Å². The molecule has 2 amide bonds. The van der Waals surface area contributed by atoms with Crippen molar-refractivity contribution < 1.29 is 23.8 Å². The molecule has 2 aromatic rings. The predicted molar refractivity (Wildman–Crippen MR) is 100.0 cm³/mol. The average Bonchev–Trinajstić information content (AvgIpc) is 3.08. The smallest absolute Gasteiger partial charge is 0.313 e. The highest BCUT2D eigenvalue weighted by molar-refractivity contribution is 7.12. The van der Waals surface area contributed by atoms with Crippen LogP contribution in [0.2, 0.25) is 0 Å². The topological polar surface area (TPSA) is 85.9 Å². The number of carbonyl (C=O) groups excluding carboxylic acids is 2. The maximum absolute atomic E-state index is 12.1. The molecule has 0 aliphatic rings. The molecule has 140 valence electrons. The third kappa shape index (κ3) is 4.96. The Bertz CT molecular complexity index is 775.